The molecule has 2 fully saturated rings. The molecule has 0 spiro atoms. The quantitative estimate of drug-likeness (QED) is 0.836. The number of carboxylic acid groups (broad SMARTS) is 1. The molecule has 104 valence electrons. The third-order valence-electron chi connectivity index (χ3n) is 4.57. The first kappa shape index (κ1) is 13.8. The Hall–Kier alpha value is -0.610. The predicted octanol–water partition coefficient (Wildman–Crippen LogP) is 2.13. The van der Waals surface area contributed by atoms with Gasteiger partial charge in [0.05, 0.1) is 18.1 Å². The molecule has 0 bridgehead atoms. The molecule has 4 heteroatoms. The van der Waals surface area contributed by atoms with Gasteiger partial charge in [-0.3, -0.25) is 9.69 Å². The molecule has 0 amide bonds. The number of rotatable bonds is 4. The number of carboxylic acids is 1. The summed E-state index contributed by atoms with van der Waals surface area (Å²) in [5.41, 5.74) is -0.496. The fourth-order valence-electron chi connectivity index (χ4n) is 3.36. The van der Waals surface area contributed by atoms with Crippen LogP contribution in [0.3, 0.4) is 0 Å². The summed E-state index contributed by atoms with van der Waals surface area (Å²) in [6.45, 7) is 6.54. The van der Waals surface area contributed by atoms with E-state index in [1.54, 1.807) is 0 Å². The number of hydrogen-bond donors (Lipinski definition) is 1. The van der Waals surface area contributed by atoms with Gasteiger partial charge in [-0.1, -0.05) is 19.8 Å². The van der Waals surface area contributed by atoms with E-state index < -0.39 is 11.4 Å². The van der Waals surface area contributed by atoms with Crippen LogP contribution >= 0.6 is 0 Å². The molecule has 0 aromatic carbocycles. The van der Waals surface area contributed by atoms with E-state index in [0.717, 1.165) is 45.3 Å². The van der Waals surface area contributed by atoms with E-state index in [9.17, 15) is 9.90 Å². The first-order chi connectivity index (χ1) is 8.57. The summed E-state index contributed by atoms with van der Waals surface area (Å²) in [6, 6.07) is 0.387. The third-order valence-corrected chi connectivity index (χ3v) is 4.57. The summed E-state index contributed by atoms with van der Waals surface area (Å²) in [6.07, 6.45) is 5.05. The second-order valence-electron chi connectivity index (χ2n) is 5.93. The van der Waals surface area contributed by atoms with Crippen molar-refractivity contribution >= 4 is 5.97 Å². The average molecular weight is 255 g/mol. The van der Waals surface area contributed by atoms with Crippen molar-refractivity contribution in [1.29, 1.82) is 0 Å². The minimum atomic E-state index is -0.603. The van der Waals surface area contributed by atoms with E-state index in [2.05, 4.69) is 18.7 Å². The molecule has 1 heterocycles. The van der Waals surface area contributed by atoms with Gasteiger partial charge in [0.1, 0.15) is 0 Å². The second-order valence-corrected chi connectivity index (χ2v) is 5.93. The lowest BCUT2D eigenvalue weighted by Crippen LogP contribution is -2.53. The van der Waals surface area contributed by atoms with Crippen LogP contribution in [-0.2, 0) is 9.53 Å². The Morgan fingerprint density at radius 3 is 2.67 bits per heavy atom. The zero-order valence-corrected chi connectivity index (χ0v) is 11.5. The van der Waals surface area contributed by atoms with Crippen molar-refractivity contribution in [2.24, 2.45) is 5.41 Å². The van der Waals surface area contributed by atoms with Gasteiger partial charge in [-0.2, -0.15) is 0 Å². The van der Waals surface area contributed by atoms with Crippen molar-refractivity contribution in [3.8, 4) is 0 Å². The maximum atomic E-state index is 11.6. The Bertz CT molecular complexity index is 299. The maximum absolute atomic E-state index is 11.6. The number of morpholine rings is 1. The Labute approximate surface area is 109 Å². The molecule has 0 aromatic rings. The zero-order valence-electron chi connectivity index (χ0n) is 11.5. The van der Waals surface area contributed by atoms with Crippen LogP contribution in [0.5, 0.6) is 0 Å². The molecule has 1 N–H and O–H groups in total. The number of carbonyl (C=O) groups is 1. The van der Waals surface area contributed by atoms with E-state index in [-0.39, 0.29) is 6.10 Å². The molecule has 1 aliphatic carbocycles. The molecule has 18 heavy (non-hydrogen) atoms. The summed E-state index contributed by atoms with van der Waals surface area (Å²) in [5, 5.41) is 9.56. The highest BCUT2D eigenvalue weighted by Crippen LogP contribution is 2.40. The highest BCUT2D eigenvalue weighted by Gasteiger charge is 2.44. The first-order valence-corrected chi connectivity index (χ1v) is 7.16. The molecular formula is C14H25NO3. The zero-order chi connectivity index (χ0) is 13.2. The van der Waals surface area contributed by atoms with Gasteiger partial charge in [-0.25, -0.2) is 0 Å². The summed E-state index contributed by atoms with van der Waals surface area (Å²) in [5.74, 6) is -0.603. The summed E-state index contributed by atoms with van der Waals surface area (Å²) < 4.78 is 5.68. The fraction of sp³-hybridized carbons (Fsp3) is 0.929. The molecule has 1 saturated heterocycles. The van der Waals surface area contributed by atoms with Gasteiger partial charge in [0.15, 0.2) is 0 Å². The minimum Gasteiger partial charge on any atom is -0.481 e. The highest BCUT2D eigenvalue weighted by atomic mass is 16.5. The SMILES string of the molecule is CCC1COC(C)CN1CC1(C(=O)O)CCCC1. The molecule has 0 aromatic heterocycles. The van der Waals surface area contributed by atoms with Crippen molar-refractivity contribution < 1.29 is 14.6 Å². The number of hydrogen-bond acceptors (Lipinski definition) is 3. The Morgan fingerprint density at radius 1 is 1.44 bits per heavy atom. The van der Waals surface area contributed by atoms with Crippen molar-refractivity contribution in [3.63, 3.8) is 0 Å². The van der Waals surface area contributed by atoms with Crippen molar-refractivity contribution in [2.75, 3.05) is 19.7 Å². The summed E-state index contributed by atoms with van der Waals surface area (Å²) in [4.78, 5) is 14.0. The molecule has 1 aliphatic heterocycles. The molecule has 2 unspecified atom stereocenters. The van der Waals surface area contributed by atoms with Crippen LogP contribution in [0, 0.1) is 5.41 Å². The van der Waals surface area contributed by atoms with Gasteiger partial charge < -0.3 is 9.84 Å². The van der Waals surface area contributed by atoms with Gasteiger partial charge in [-0.05, 0) is 26.2 Å². The van der Waals surface area contributed by atoms with Crippen LogP contribution in [-0.4, -0.2) is 47.8 Å². The second kappa shape index (κ2) is 5.57. The van der Waals surface area contributed by atoms with Gasteiger partial charge in [0, 0.05) is 19.1 Å². The van der Waals surface area contributed by atoms with E-state index in [1.165, 1.54) is 0 Å². The van der Waals surface area contributed by atoms with Gasteiger partial charge >= 0.3 is 5.97 Å². The topological polar surface area (TPSA) is 49.8 Å². The Kier molecular flexibility index (Phi) is 4.28. The van der Waals surface area contributed by atoms with Gasteiger partial charge in [0.2, 0.25) is 0 Å². The van der Waals surface area contributed by atoms with Crippen LogP contribution in [0.15, 0.2) is 0 Å². The van der Waals surface area contributed by atoms with Crippen LogP contribution < -0.4 is 0 Å². The smallest absolute Gasteiger partial charge is 0.310 e. The monoisotopic (exact) mass is 255 g/mol. The van der Waals surface area contributed by atoms with Gasteiger partial charge in [-0.15, -0.1) is 0 Å². The number of ether oxygens (including phenoxy) is 1. The van der Waals surface area contributed by atoms with Crippen molar-refractivity contribution in [1.82, 2.24) is 4.90 Å². The largest absolute Gasteiger partial charge is 0.481 e. The lowest BCUT2D eigenvalue weighted by atomic mass is 9.85. The number of nitrogens with zero attached hydrogens (tertiary/aromatic N) is 1. The molecule has 0 radical (unpaired) electrons. The standard InChI is InChI=1S/C14H25NO3/c1-3-12-9-18-11(2)8-15(12)10-14(13(16)17)6-4-5-7-14/h11-12H,3-10H2,1-2H3,(H,16,17). The van der Waals surface area contributed by atoms with E-state index >= 15 is 0 Å². The van der Waals surface area contributed by atoms with E-state index in [4.69, 9.17) is 4.74 Å². The molecule has 2 rings (SSSR count). The predicted molar refractivity (Wildman–Crippen MR) is 69.6 cm³/mol. The van der Waals surface area contributed by atoms with Crippen molar-refractivity contribution in [2.45, 2.75) is 58.1 Å². The summed E-state index contributed by atoms with van der Waals surface area (Å²) >= 11 is 0. The minimum absolute atomic E-state index is 0.222. The molecule has 4 nitrogen and oxygen atoms in total. The van der Waals surface area contributed by atoms with Crippen LogP contribution in [0.4, 0.5) is 0 Å². The molecule has 2 atom stereocenters. The van der Waals surface area contributed by atoms with Gasteiger partial charge in [0.25, 0.3) is 0 Å². The normalized spacial score (nSPS) is 32.6. The van der Waals surface area contributed by atoms with E-state index in [0.29, 0.717) is 12.6 Å². The molecule has 1 saturated carbocycles. The maximum Gasteiger partial charge on any atom is 0.310 e. The van der Waals surface area contributed by atoms with Crippen molar-refractivity contribution in [3.05, 3.63) is 0 Å². The molecule has 2 aliphatic rings. The van der Waals surface area contributed by atoms with Crippen LogP contribution in [0.25, 0.3) is 0 Å². The van der Waals surface area contributed by atoms with Crippen LogP contribution in [0.2, 0.25) is 0 Å². The average Bonchev–Trinajstić information content (AvgIpc) is 2.79. The molecular weight excluding hydrogens is 230 g/mol. The van der Waals surface area contributed by atoms with Crippen LogP contribution in [0.1, 0.15) is 46.0 Å². The lowest BCUT2D eigenvalue weighted by molar-refractivity contribution is -0.152. The van der Waals surface area contributed by atoms with E-state index in [1.807, 2.05) is 0 Å². The Morgan fingerprint density at radius 2 is 2.11 bits per heavy atom. The highest BCUT2D eigenvalue weighted by molar-refractivity contribution is 5.75. The number of aliphatic carboxylic acids is 1. The first-order valence-electron chi connectivity index (χ1n) is 7.16. The summed E-state index contributed by atoms with van der Waals surface area (Å²) in [7, 11) is 0. The fourth-order valence-corrected chi connectivity index (χ4v) is 3.36. The Balaban J connectivity index is 2.07. The third kappa shape index (κ3) is 2.69. The lowest BCUT2D eigenvalue weighted by Gasteiger charge is -2.42.